The second-order valence-electron chi connectivity index (χ2n) is 4.39. The minimum absolute atomic E-state index is 0.149. The molecule has 1 aliphatic heterocycles. The van der Waals surface area contributed by atoms with Gasteiger partial charge in [-0.1, -0.05) is 18.2 Å². The first kappa shape index (κ1) is 10.8. The molecule has 0 unspecified atom stereocenters. The molecule has 2 aromatic rings. The van der Waals surface area contributed by atoms with Gasteiger partial charge in [0.2, 0.25) is 5.91 Å². The largest absolute Gasteiger partial charge is 0.396 e. The third-order valence-electron chi connectivity index (χ3n) is 3.13. The van der Waals surface area contributed by atoms with Crippen LogP contribution in [-0.4, -0.2) is 22.2 Å². The lowest BCUT2D eigenvalue weighted by Gasteiger charge is -2.17. The van der Waals surface area contributed by atoms with Gasteiger partial charge in [-0.15, -0.1) is 0 Å². The Hall–Kier alpha value is -2.30. The van der Waals surface area contributed by atoms with E-state index in [0.29, 0.717) is 25.2 Å². The van der Waals surface area contributed by atoms with E-state index in [4.69, 9.17) is 5.73 Å². The summed E-state index contributed by atoms with van der Waals surface area (Å²) in [7, 11) is 0. The summed E-state index contributed by atoms with van der Waals surface area (Å²) in [6.45, 7) is 1.27. The number of carbonyl (C=O) groups is 1. The number of rotatable bonds is 3. The summed E-state index contributed by atoms with van der Waals surface area (Å²) < 4.78 is 1.75. The highest BCUT2D eigenvalue weighted by molar-refractivity contribution is 6.01. The maximum atomic E-state index is 11.9. The van der Waals surface area contributed by atoms with Crippen molar-refractivity contribution in [2.45, 2.75) is 13.0 Å². The first-order chi connectivity index (χ1) is 8.74. The fourth-order valence-corrected chi connectivity index (χ4v) is 2.27. The number of nitrogen functional groups attached to an aromatic ring is 1. The third kappa shape index (κ3) is 1.84. The number of hydrogen-bond acceptors (Lipinski definition) is 3. The molecule has 2 heterocycles. The smallest absolute Gasteiger partial charge is 0.231 e. The van der Waals surface area contributed by atoms with Gasteiger partial charge in [-0.25, -0.2) is 0 Å². The lowest BCUT2D eigenvalue weighted by molar-refractivity contribution is -0.117. The molecular formula is C13H14N4O. The van der Waals surface area contributed by atoms with Crippen molar-refractivity contribution >= 4 is 17.3 Å². The molecule has 0 radical (unpaired) electrons. The Morgan fingerprint density at radius 3 is 2.89 bits per heavy atom. The Kier molecular flexibility index (Phi) is 2.51. The number of aromatic nitrogens is 2. The van der Waals surface area contributed by atoms with Gasteiger partial charge in [0.25, 0.3) is 0 Å². The van der Waals surface area contributed by atoms with Crippen molar-refractivity contribution in [3.63, 3.8) is 0 Å². The molecule has 1 aliphatic rings. The summed E-state index contributed by atoms with van der Waals surface area (Å²) in [5.74, 6) is 0.149. The Bertz CT molecular complexity index is 590. The monoisotopic (exact) mass is 242 g/mol. The van der Waals surface area contributed by atoms with E-state index in [2.05, 4.69) is 5.10 Å². The molecule has 1 aromatic heterocycles. The number of nitrogens with two attached hydrogens (primary N) is 1. The SMILES string of the molecule is Nc1cnn(CCN2C(=O)Cc3ccccc32)c1. The fraction of sp³-hybridized carbons (Fsp3) is 0.231. The van der Waals surface area contributed by atoms with Crippen LogP contribution in [0.1, 0.15) is 5.56 Å². The maximum absolute atomic E-state index is 11.9. The van der Waals surface area contributed by atoms with Crippen molar-refractivity contribution in [1.29, 1.82) is 0 Å². The van der Waals surface area contributed by atoms with Crippen LogP contribution in [-0.2, 0) is 17.8 Å². The number of anilines is 2. The van der Waals surface area contributed by atoms with E-state index in [1.165, 1.54) is 0 Å². The van der Waals surface area contributed by atoms with E-state index in [1.54, 1.807) is 17.1 Å². The number of para-hydroxylation sites is 1. The van der Waals surface area contributed by atoms with E-state index in [9.17, 15) is 4.79 Å². The highest BCUT2D eigenvalue weighted by Crippen LogP contribution is 2.27. The van der Waals surface area contributed by atoms with Crippen LogP contribution in [0.5, 0.6) is 0 Å². The van der Waals surface area contributed by atoms with E-state index in [0.717, 1.165) is 11.3 Å². The van der Waals surface area contributed by atoms with Gasteiger partial charge in [0.05, 0.1) is 24.8 Å². The normalized spacial score (nSPS) is 14.0. The number of amides is 1. The zero-order valence-electron chi connectivity index (χ0n) is 9.91. The molecule has 5 nitrogen and oxygen atoms in total. The minimum Gasteiger partial charge on any atom is -0.396 e. The molecule has 92 valence electrons. The first-order valence-electron chi connectivity index (χ1n) is 5.90. The summed E-state index contributed by atoms with van der Waals surface area (Å²) in [5, 5.41) is 4.11. The highest BCUT2D eigenvalue weighted by Gasteiger charge is 2.26. The molecule has 0 saturated carbocycles. The summed E-state index contributed by atoms with van der Waals surface area (Å²) in [4.78, 5) is 13.7. The van der Waals surface area contributed by atoms with Gasteiger partial charge in [-0.05, 0) is 11.6 Å². The van der Waals surface area contributed by atoms with Crippen LogP contribution in [0.4, 0.5) is 11.4 Å². The summed E-state index contributed by atoms with van der Waals surface area (Å²) in [5.41, 5.74) is 8.36. The average molecular weight is 242 g/mol. The minimum atomic E-state index is 0.149. The molecule has 0 saturated heterocycles. The van der Waals surface area contributed by atoms with E-state index in [1.807, 2.05) is 29.2 Å². The van der Waals surface area contributed by atoms with Crippen molar-refractivity contribution in [3.05, 3.63) is 42.2 Å². The quantitative estimate of drug-likeness (QED) is 0.875. The molecule has 2 N–H and O–H groups in total. The van der Waals surface area contributed by atoms with Crippen molar-refractivity contribution in [2.75, 3.05) is 17.2 Å². The number of benzene rings is 1. The van der Waals surface area contributed by atoms with Crippen LogP contribution in [0.15, 0.2) is 36.7 Å². The van der Waals surface area contributed by atoms with Gasteiger partial charge >= 0.3 is 0 Å². The van der Waals surface area contributed by atoms with Gasteiger partial charge in [-0.2, -0.15) is 5.10 Å². The topological polar surface area (TPSA) is 64.2 Å². The van der Waals surface area contributed by atoms with E-state index in [-0.39, 0.29) is 5.91 Å². The molecule has 1 amide bonds. The number of hydrogen-bond donors (Lipinski definition) is 1. The van der Waals surface area contributed by atoms with Crippen molar-refractivity contribution in [2.24, 2.45) is 0 Å². The van der Waals surface area contributed by atoms with Crippen LogP contribution >= 0.6 is 0 Å². The lowest BCUT2D eigenvalue weighted by Crippen LogP contribution is -2.30. The second-order valence-corrected chi connectivity index (χ2v) is 4.39. The van der Waals surface area contributed by atoms with Gasteiger partial charge in [0.1, 0.15) is 0 Å². The van der Waals surface area contributed by atoms with Gasteiger partial charge in [0, 0.05) is 18.4 Å². The van der Waals surface area contributed by atoms with Crippen LogP contribution in [0.3, 0.4) is 0 Å². The van der Waals surface area contributed by atoms with Crippen LogP contribution in [0.25, 0.3) is 0 Å². The molecule has 1 aromatic carbocycles. The van der Waals surface area contributed by atoms with E-state index >= 15 is 0 Å². The Morgan fingerprint density at radius 2 is 2.11 bits per heavy atom. The number of fused-ring (bicyclic) bond motifs is 1. The van der Waals surface area contributed by atoms with Crippen molar-refractivity contribution < 1.29 is 4.79 Å². The summed E-state index contributed by atoms with van der Waals surface area (Å²) in [6, 6.07) is 7.90. The predicted molar refractivity (Wildman–Crippen MR) is 69.1 cm³/mol. The Balaban J connectivity index is 1.75. The predicted octanol–water partition coefficient (Wildman–Crippen LogP) is 1.05. The lowest BCUT2D eigenvalue weighted by atomic mass is 10.2. The first-order valence-corrected chi connectivity index (χ1v) is 5.90. The summed E-state index contributed by atoms with van der Waals surface area (Å²) in [6.07, 6.45) is 3.88. The molecular weight excluding hydrogens is 228 g/mol. The average Bonchev–Trinajstić information content (AvgIpc) is 2.90. The molecule has 5 heteroatoms. The Morgan fingerprint density at radius 1 is 1.28 bits per heavy atom. The zero-order chi connectivity index (χ0) is 12.5. The molecule has 3 rings (SSSR count). The molecule has 0 spiro atoms. The standard InChI is InChI=1S/C13H14N4O/c14-11-8-15-16(9-11)5-6-17-12-4-2-1-3-10(12)7-13(17)18/h1-4,8-9H,5-7,14H2. The van der Waals surface area contributed by atoms with Crippen LogP contribution < -0.4 is 10.6 Å². The van der Waals surface area contributed by atoms with Gasteiger partial charge < -0.3 is 10.6 Å². The molecule has 0 atom stereocenters. The van der Waals surface area contributed by atoms with Crippen molar-refractivity contribution in [1.82, 2.24) is 9.78 Å². The maximum Gasteiger partial charge on any atom is 0.231 e. The molecule has 0 fully saturated rings. The summed E-state index contributed by atoms with van der Waals surface area (Å²) >= 11 is 0. The van der Waals surface area contributed by atoms with Crippen LogP contribution in [0.2, 0.25) is 0 Å². The molecule has 18 heavy (non-hydrogen) atoms. The molecule has 0 bridgehead atoms. The highest BCUT2D eigenvalue weighted by atomic mass is 16.2. The van der Waals surface area contributed by atoms with Gasteiger partial charge in [-0.3, -0.25) is 9.48 Å². The number of nitrogens with zero attached hydrogens (tertiary/aromatic N) is 3. The van der Waals surface area contributed by atoms with Crippen LogP contribution in [0, 0.1) is 0 Å². The van der Waals surface area contributed by atoms with Gasteiger partial charge in [0.15, 0.2) is 0 Å². The van der Waals surface area contributed by atoms with Crippen molar-refractivity contribution in [3.8, 4) is 0 Å². The Labute approximate surface area is 105 Å². The number of carbonyl (C=O) groups excluding carboxylic acids is 1. The zero-order valence-corrected chi connectivity index (χ0v) is 9.91. The third-order valence-corrected chi connectivity index (χ3v) is 3.13. The fourth-order valence-electron chi connectivity index (χ4n) is 2.27. The second kappa shape index (κ2) is 4.18. The molecule has 0 aliphatic carbocycles. The van der Waals surface area contributed by atoms with E-state index < -0.39 is 0 Å².